The molecule has 0 aliphatic carbocycles. The van der Waals surface area contributed by atoms with E-state index in [1.807, 2.05) is 0 Å². The normalized spacial score (nSPS) is 11.3. The summed E-state index contributed by atoms with van der Waals surface area (Å²) < 4.78 is 0. The number of aliphatic carboxylic acids is 1. The first-order valence-electron chi connectivity index (χ1n) is 4.75. The number of likely N-dealkylation sites (N-methyl/N-ethyl adjacent to an activating group) is 1. The molecule has 0 saturated heterocycles. The Morgan fingerprint density at radius 2 is 2.25 bits per heavy atom. The molecule has 0 saturated carbocycles. The highest BCUT2D eigenvalue weighted by Crippen LogP contribution is 1.98. The van der Waals surface area contributed by atoms with E-state index < -0.39 is 18.0 Å². The second-order valence-electron chi connectivity index (χ2n) is 3.11. The highest BCUT2D eigenvalue weighted by atomic mass is 32.2. The highest BCUT2D eigenvalue weighted by molar-refractivity contribution is 7.99. The summed E-state index contributed by atoms with van der Waals surface area (Å²) >= 11 is 1.54. The molecule has 1 unspecified atom stereocenters. The van der Waals surface area contributed by atoms with Crippen LogP contribution in [0.5, 0.6) is 0 Å². The van der Waals surface area contributed by atoms with Gasteiger partial charge in [-0.2, -0.15) is 0 Å². The fourth-order valence-corrected chi connectivity index (χ4v) is 1.34. The van der Waals surface area contributed by atoms with Crippen LogP contribution in [0.4, 0.5) is 4.79 Å². The zero-order valence-corrected chi connectivity index (χ0v) is 10.2. The van der Waals surface area contributed by atoms with E-state index >= 15 is 0 Å². The van der Waals surface area contributed by atoms with Crippen molar-refractivity contribution in [3.63, 3.8) is 0 Å². The van der Waals surface area contributed by atoms with E-state index in [-0.39, 0.29) is 0 Å². The number of carboxylic acids is 1. The summed E-state index contributed by atoms with van der Waals surface area (Å²) in [6.45, 7) is 1.93. The first kappa shape index (κ1) is 14.6. The molecule has 0 spiro atoms. The highest BCUT2D eigenvalue weighted by Gasteiger charge is 2.20. The number of amides is 2. The number of hydrogen-bond acceptors (Lipinski definition) is 3. The van der Waals surface area contributed by atoms with Crippen LogP contribution in [0.3, 0.4) is 0 Å². The maximum atomic E-state index is 11.4. The summed E-state index contributed by atoms with van der Waals surface area (Å²) in [7, 11) is 1.45. The number of thioether (sulfide) groups is 1. The Balaban J connectivity index is 3.80. The molecule has 1 atom stereocenters. The van der Waals surface area contributed by atoms with Gasteiger partial charge in [0.1, 0.15) is 6.04 Å². The summed E-state index contributed by atoms with van der Waals surface area (Å²) in [4.78, 5) is 23.2. The number of terminal acetylenes is 1. The molecular formula is C10H16N2O3S. The molecule has 0 aromatic heterocycles. The van der Waals surface area contributed by atoms with Gasteiger partial charge in [-0.15, -0.1) is 18.2 Å². The molecule has 5 nitrogen and oxygen atoms in total. The lowest BCUT2D eigenvalue weighted by atomic mass is 10.3. The number of rotatable bonds is 6. The van der Waals surface area contributed by atoms with E-state index in [4.69, 9.17) is 11.5 Å². The smallest absolute Gasteiger partial charge is 0.326 e. The van der Waals surface area contributed by atoms with Crippen LogP contribution in [0.1, 0.15) is 6.92 Å². The third kappa shape index (κ3) is 5.51. The van der Waals surface area contributed by atoms with Crippen molar-refractivity contribution >= 4 is 23.8 Å². The molecule has 6 heteroatoms. The standard InChI is InChI=1S/C10H16N2O3S/c1-4-6-16-7-5-11-10(15)12(3)8(2)9(13)14/h1,8H,5-7H2,2-3H3,(H,11,15)(H,13,14). The van der Waals surface area contributed by atoms with E-state index in [0.29, 0.717) is 18.1 Å². The second-order valence-corrected chi connectivity index (χ2v) is 4.22. The Hall–Kier alpha value is -1.35. The summed E-state index contributed by atoms with van der Waals surface area (Å²) in [6, 6.07) is -1.23. The molecule has 0 bridgehead atoms. The maximum absolute atomic E-state index is 11.4. The monoisotopic (exact) mass is 244 g/mol. The van der Waals surface area contributed by atoms with Gasteiger partial charge >= 0.3 is 12.0 Å². The summed E-state index contributed by atoms with van der Waals surface area (Å²) in [5.41, 5.74) is 0. The Kier molecular flexibility index (Phi) is 7.21. The Bertz CT molecular complexity index is 288. The molecule has 2 amide bonds. The van der Waals surface area contributed by atoms with Gasteiger partial charge in [-0.1, -0.05) is 5.92 Å². The Morgan fingerprint density at radius 1 is 1.62 bits per heavy atom. The number of carbonyl (C=O) groups excluding carboxylic acids is 1. The van der Waals surface area contributed by atoms with Gasteiger partial charge in [-0.25, -0.2) is 9.59 Å². The van der Waals surface area contributed by atoms with Gasteiger partial charge in [0.2, 0.25) is 0 Å². The van der Waals surface area contributed by atoms with E-state index in [1.54, 1.807) is 0 Å². The minimum absolute atomic E-state index is 0.392. The summed E-state index contributed by atoms with van der Waals surface area (Å²) in [6.07, 6.45) is 5.06. The largest absolute Gasteiger partial charge is 0.480 e. The molecule has 90 valence electrons. The van der Waals surface area contributed by atoms with Crippen molar-refractivity contribution in [2.75, 3.05) is 25.1 Å². The zero-order chi connectivity index (χ0) is 12.6. The molecule has 0 fully saturated rings. The molecule has 0 radical (unpaired) electrons. The van der Waals surface area contributed by atoms with Crippen LogP contribution in [-0.4, -0.2) is 53.1 Å². The number of hydrogen-bond donors (Lipinski definition) is 2. The van der Waals surface area contributed by atoms with Crippen LogP contribution in [0, 0.1) is 12.3 Å². The van der Waals surface area contributed by atoms with Gasteiger partial charge in [-0.3, -0.25) is 0 Å². The molecule has 0 aromatic rings. The van der Waals surface area contributed by atoms with Crippen molar-refractivity contribution < 1.29 is 14.7 Å². The molecule has 16 heavy (non-hydrogen) atoms. The van der Waals surface area contributed by atoms with E-state index in [9.17, 15) is 9.59 Å². The number of nitrogens with zero attached hydrogens (tertiary/aromatic N) is 1. The van der Waals surface area contributed by atoms with Crippen molar-refractivity contribution in [3.05, 3.63) is 0 Å². The average Bonchev–Trinajstić information content (AvgIpc) is 2.26. The molecule has 2 N–H and O–H groups in total. The van der Waals surface area contributed by atoms with Gasteiger partial charge in [0.05, 0.1) is 5.75 Å². The minimum atomic E-state index is -1.03. The average molecular weight is 244 g/mol. The van der Waals surface area contributed by atoms with Crippen molar-refractivity contribution in [3.8, 4) is 12.3 Å². The number of carboxylic acid groups (broad SMARTS) is 1. The fourth-order valence-electron chi connectivity index (χ4n) is 0.827. The number of nitrogens with one attached hydrogen (secondary N) is 1. The van der Waals surface area contributed by atoms with Crippen molar-refractivity contribution in [2.45, 2.75) is 13.0 Å². The zero-order valence-electron chi connectivity index (χ0n) is 9.40. The summed E-state index contributed by atoms with van der Waals surface area (Å²) in [5, 5.41) is 11.3. The van der Waals surface area contributed by atoms with Gasteiger partial charge in [0.15, 0.2) is 0 Å². The van der Waals surface area contributed by atoms with Gasteiger partial charge in [-0.05, 0) is 6.92 Å². The van der Waals surface area contributed by atoms with Gasteiger partial charge in [0.25, 0.3) is 0 Å². The van der Waals surface area contributed by atoms with Crippen molar-refractivity contribution in [2.24, 2.45) is 0 Å². The van der Waals surface area contributed by atoms with Crippen LogP contribution in [0.25, 0.3) is 0 Å². The Morgan fingerprint density at radius 3 is 2.75 bits per heavy atom. The van der Waals surface area contributed by atoms with E-state index in [2.05, 4.69) is 11.2 Å². The summed E-state index contributed by atoms with van der Waals surface area (Å²) in [5.74, 6) is 2.77. The predicted molar refractivity (Wildman–Crippen MR) is 64.4 cm³/mol. The van der Waals surface area contributed by atoms with E-state index in [0.717, 1.165) is 4.90 Å². The lowest BCUT2D eigenvalue weighted by molar-refractivity contribution is -0.141. The quantitative estimate of drug-likeness (QED) is 0.526. The molecular weight excluding hydrogens is 228 g/mol. The molecule has 0 heterocycles. The third-order valence-electron chi connectivity index (χ3n) is 1.97. The lowest BCUT2D eigenvalue weighted by Crippen LogP contribution is -2.46. The number of urea groups is 1. The maximum Gasteiger partial charge on any atom is 0.326 e. The lowest BCUT2D eigenvalue weighted by Gasteiger charge is -2.21. The van der Waals surface area contributed by atoms with E-state index in [1.165, 1.54) is 25.7 Å². The molecule has 0 aliphatic heterocycles. The molecule has 0 aromatic carbocycles. The predicted octanol–water partition coefficient (Wildman–Crippen LogP) is 0.467. The first-order valence-corrected chi connectivity index (χ1v) is 5.90. The van der Waals surface area contributed by atoms with Crippen LogP contribution >= 0.6 is 11.8 Å². The van der Waals surface area contributed by atoms with Crippen LogP contribution in [-0.2, 0) is 4.79 Å². The van der Waals surface area contributed by atoms with Gasteiger partial charge < -0.3 is 15.3 Å². The Labute approximate surface area is 99.6 Å². The van der Waals surface area contributed by atoms with Crippen LogP contribution < -0.4 is 5.32 Å². The SMILES string of the molecule is C#CCSCCNC(=O)N(C)C(C)C(=O)O. The van der Waals surface area contributed by atoms with Crippen LogP contribution in [0.15, 0.2) is 0 Å². The molecule has 0 rings (SSSR count). The third-order valence-corrected chi connectivity index (χ3v) is 2.83. The number of carbonyl (C=O) groups is 2. The first-order chi connectivity index (χ1) is 7.50. The second kappa shape index (κ2) is 7.88. The topological polar surface area (TPSA) is 69.6 Å². The van der Waals surface area contributed by atoms with Crippen LogP contribution in [0.2, 0.25) is 0 Å². The fraction of sp³-hybridized carbons (Fsp3) is 0.600. The van der Waals surface area contributed by atoms with Crippen molar-refractivity contribution in [1.82, 2.24) is 10.2 Å². The van der Waals surface area contributed by atoms with Crippen molar-refractivity contribution in [1.29, 1.82) is 0 Å². The minimum Gasteiger partial charge on any atom is -0.480 e. The molecule has 0 aliphatic rings. The van der Waals surface area contributed by atoms with Gasteiger partial charge in [0, 0.05) is 19.3 Å².